The molecule has 2 aliphatic heterocycles. The number of carbonyl (C=O) groups is 1. The largest absolute Gasteiger partial charge is 0.445 e. The molecule has 2 atom stereocenters. The zero-order chi connectivity index (χ0) is 18.8. The van der Waals surface area contributed by atoms with Crippen molar-refractivity contribution in [2.75, 3.05) is 13.2 Å². The highest BCUT2D eigenvalue weighted by molar-refractivity contribution is 5.74. The van der Waals surface area contributed by atoms with Gasteiger partial charge in [-0.2, -0.15) is 0 Å². The lowest BCUT2D eigenvalue weighted by Gasteiger charge is -2.43. The molecule has 4 rings (SSSR count). The first-order valence-electron chi connectivity index (χ1n) is 9.02. The van der Waals surface area contributed by atoms with Crippen molar-refractivity contribution in [2.45, 2.75) is 32.0 Å². The summed E-state index contributed by atoms with van der Waals surface area (Å²) in [5, 5.41) is 0. The Balaban J connectivity index is 1.52. The zero-order valence-electron chi connectivity index (χ0n) is 15.1. The van der Waals surface area contributed by atoms with Gasteiger partial charge in [-0.1, -0.05) is 36.4 Å². The molecule has 3 heterocycles. The molecule has 5 nitrogen and oxygen atoms in total. The maximum absolute atomic E-state index is 13.4. The standard InChI is InChI=1S/C21H21FN2O3/c1-14-7-17(22)10-23-20(14)16-8-18-12-26-13-19(9-16)24(18)21(25)27-11-15-5-3-2-4-6-15/h2-8,10,18-19H,9,11-13H2,1H3. The first-order valence-corrected chi connectivity index (χ1v) is 9.02. The van der Waals surface area contributed by atoms with Gasteiger partial charge in [-0.25, -0.2) is 9.18 Å². The smallest absolute Gasteiger partial charge is 0.411 e. The van der Waals surface area contributed by atoms with Gasteiger partial charge in [-0.3, -0.25) is 9.88 Å². The van der Waals surface area contributed by atoms with E-state index >= 15 is 0 Å². The molecular formula is C21H21FN2O3. The molecule has 6 heteroatoms. The average molecular weight is 368 g/mol. The minimum Gasteiger partial charge on any atom is -0.445 e. The first kappa shape index (κ1) is 17.7. The van der Waals surface area contributed by atoms with Crippen LogP contribution in [-0.4, -0.2) is 41.3 Å². The Kier molecular flexibility index (Phi) is 4.90. The molecule has 27 heavy (non-hydrogen) atoms. The number of halogens is 1. The van der Waals surface area contributed by atoms with Gasteiger partial charge in [0.15, 0.2) is 0 Å². The highest BCUT2D eigenvalue weighted by Crippen LogP contribution is 2.33. The number of hydrogen-bond donors (Lipinski definition) is 0. The second kappa shape index (κ2) is 7.48. The zero-order valence-corrected chi connectivity index (χ0v) is 15.1. The van der Waals surface area contributed by atoms with Crippen LogP contribution in [0, 0.1) is 12.7 Å². The van der Waals surface area contributed by atoms with Crippen LogP contribution in [-0.2, 0) is 16.1 Å². The number of aromatic nitrogens is 1. The Morgan fingerprint density at radius 2 is 2.15 bits per heavy atom. The number of rotatable bonds is 3. The van der Waals surface area contributed by atoms with Gasteiger partial charge in [-0.05, 0) is 36.1 Å². The highest BCUT2D eigenvalue weighted by atomic mass is 19.1. The summed E-state index contributed by atoms with van der Waals surface area (Å²) in [7, 11) is 0. The van der Waals surface area contributed by atoms with E-state index in [0.717, 1.165) is 22.4 Å². The van der Waals surface area contributed by atoms with Crippen molar-refractivity contribution in [2.24, 2.45) is 0 Å². The van der Waals surface area contributed by atoms with E-state index in [1.807, 2.05) is 43.3 Å². The lowest BCUT2D eigenvalue weighted by molar-refractivity contribution is -0.0342. The summed E-state index contributed by atoms with van der Waals surface area (Å²) in [6.45, 7) is 2.96. The van der Waals surface area contributed by atoms with E-state index in [1.54, 1.807) is 4.90 Å². The summed E-state index contributed by atoms with van der Waals surface area (Å²) in [6, 6.07) is 10.8. The van der Waals surface area contributed by atoms with Crippen molar-refractivity contribution in [3.05, 3.63) is 71.3 Å². The van der Waals surface area contributed by atoms with E-state index in [2.05, 4.69) is 4.98 Å². The Morgan fingerprint density at radius 3 is 2.89 bits per heavy atom. The van der Waals surface area contributed by atoms with Crippen molar-refractivity contribution in [1.82, 2.24) is 9.88 Å². The SMILES string of the molecule is Cc1cc(F)cnc1C1=CC2COCC(C1)N2C(=O)OCc1ccccc1. The molecule has 1 aromatic heterocycles. The maximum Gasteiger partial charge on any atom is 0.411 e. The molecule has 0 spiro atoms. The number of morpholine rings is 1. The van der Waals surface area contributed by atoms with E-state index < -0.39 is 0 Å². The van der Waals surface area contributed by atoms with Gasteiger partial charge in [0.2, 0.25) is 0 Å². The second-order valence-corrected chi connectivity index (χ2v) is 6.92. The number of fused-ring (bicyclic) bond motifs is 2. The number of nitrogens with zero attached hydrogens (tertiary/aromatic N) is 2. The molecule has 2 unspecified atom stereocenters. The number of amides is 1. The quantitative estimate of drug-likeness (QED) is 0.829. The summed E-state index contributed by atoms with van der Waals surface area (Å²) in [5.41, 5.74) is 3.55. The van der Waals surface area contributed by atoms with Crippen molar-refractivity contribution in [1.29, 1.82) is 0 Å². The predicted octanol–water partition coefficient (Wildman–Crippen LogP) is 3.72. The van der Waals surface area contributed by atoms with E-state index in [0.29, 0.717) is 19.6 Å². The number of ether oxygens (including phenoxy) is 2. The number of hydrogen-bond acceptors (Lipinski definition) is 4. The number of pyridine rings is 1. The molecule has 0 radical (unpaired) electrons. The van der Waals surface area contributed by atoms with E-state index in [-0.39, 0.29) is 30.6 Å². The van der Waals surface area contributed by atoms with Gasteiger partial charge in [-0.15, -0.1) is 0 Å². The van der Waals surface area contributed by atoms with E-state index in [1.165, 1.54) is 12.3 Å². The van der Waals surface area contributed by atoms with Gasteiger partial charge < -0.3 is 9.47 Å². The molecule has 1 aromatic carbocycles. The van der Waals surface area contributed by atoms with Crippen molar-refractivity contribution in [3.63, 3.8) is 0 Å². The first-order chi connectivity index (χ1) is 13.1. The molecule has 0 aliphatic carbocycles. The molecule has 2 aliphatic rings. The molecule has 1 amide bonds. The van der Waals surface area contributed by atoms with Crippen molar-refractivity contribution < 1.29 is 18.7 Å². The number of aryl methyl sites for hydroxylation is 1. The summed E-state index contributed by atoms with van der Waals surface area (Å²) in [6.07, 6.45) is 3.50. The van der Waals surface area contributed by atoms with Gasteiger partial charge >= 0.3 is 6.09 Å². The van der Waals surface area contributed by atoms with Crippen molar-refractivity contribution >= 4 is 11.7 Å². The Hall–Kier alpha value is -2.73. The van der Waals surface area contributed by atoms with Crippen LogP contribution < -0.4 is 0 Å². The highest BCUT2D eigenvalue weighted by Gasteiger charge is 2.39. The molecule has 140 valence electrons. The number of benzene rings is 1. The summed E-state index contributed by atoms with van der Waals surface area (Å²) in [4.78, 5) is 18.7. The van der Waals surface area contributed by atoms with Crippen LogP contribution in [0.2, 0.25) is 0 Å². The van der Waals surface area contributed by atoms with Crippen LogP contribution in [0.4, 0.5) is 9.18 Å². The molecule has 0 N–H and O–H groups in total. The lowest BCUT2D eigenvalue weighted by atomic mass is 9.91. The molecule has 1 saturated heterocycles. The Bertz CT molecular complexity index is 869. The third-order valence-corrected chi connectivity index (χ3v) is 4.96. The van der Waals surface area contributed by atoms with E-state index in [4.69, 9.17) is 9.47 Å². The third-order valence-electron chi connectivity index (χ3n) is 4.96. The lowest BCUT2D eigenvalue weighted by Crippen LogP contribution is -2.56. The van der Waals surface area contributed by atoms with Crippen LogP contribution in [0.1, 0.15) is 23.2 Å². The fourth-order valence-electron chi connectivity index (χ4n) is 3.73. The van der Waals surface area contributed by atoms with Crippen LogP contribution in [0.25, 0.3) is 5.57 Å². The van der Waals surface area contributed by atoms with Gasteiger partial charge in [0.05, 0.1) is 37.2 Å². The molecule has 1 fully saturated rings. The summed E-state index contributed by atoms with van der Waals surface area (Å²) < 4.78 is 24.5. The molecule has 0 saturated carbocycles. The molecule has 2 bridgehead atoms. The molecular weight excluding hydrogens is 347 g/mol. The van der Waals surface area contributed by atoms with Gasteiger partial charge in [0, 0.05) is 0 Å². The number of carbonyl (C=O) groups excluding carboxylic acids is 1. The van der Waals surface area contributed by atoms with Gasteiger partial charge in [0.1, 0.15) is 12.4 Å². The fraction of sp³-hybridized carbons (Fsp3) is 0.333. The Morgan fingerprint density at radius 1 is 1.33 bits per heavy atom. The predicted molar refractivity (Wildman–Crippen MR) is 98.4 cm³/mol. The van der Waals surface area contributed by atoms with Crippen LogP contribution in [0.15, 0.2) is 48.7 Å². The monoisotopic (exact) mass is 368 g/mol. The second-order valence-electron chi connectivity index (χ2n) is 6.92. The van der Waals surface area contributed by atoms with Gasteiger partial charge in [0.25, 0.3) is 0 Å². The maximum atomic E-state index is 13.4. The van der Waals surface area contributed by atoms with Crippen LogP contribution in [0.5, 0.6) is 0 Å². The Labute approximate surface area is 157 Å². The normalized spacial score (nSPS) is 21.6. The summed E-state index contributed by atoms with van der Waals surface area (Å²) in [5.74, 6) is -0.345. The third kappa shape index (κ3) is 3.71. The van der Waals surface area contributed by atoms with Crippen LogP contribution in [0.3, 0.4) is 0 Å². The average Bonchev–Trinajstić information content (AvgIpc) is 2.66. The minimum atomic E-state index is -0.345. The van der Waals surface area contributed by atoms with Crippen molar-refractivity contribution in [3.8, 4) is 0 Å². The fourth-order valence-corrected chi connectivity index (χ4v) is 3.73. The topological polar surface area (TPSA) is 51.7 Å². The summed E-state index contributed by atoms with van der Waals surface area (Å²) >= 11 is 0. The van der Waals surface area contributed by atoms with Crippen LogP contribution >= 0.6 is 0 Å². The van der Waals surface area contributed by atoms with E-state index in [9.17, 15) is 9.18 Å². The minimum absolute atomic E-state index is 0.113. The molecule has 2 aromatic rings.